The van der Waals surface area contributed by atoms with Crippen LogP contribution in [0.4, 0.5) is 11.5 Å². The van der Waals surface area contributed by atoms with Gasteiger partial charge in [-0.2, -0.15) is 0 Å². The highest BCUT2D eigenvalue weighted by atomic mass is 15.2. The fraction of sp³-hybridized carbons (Fsp3) is 0.545. The predicted molar refractivity (Wildman–Crippen MR) is 59.3 cm³/mol. The van der Waals surface area contributed by atoms with Crippen molar-refractivity contribution in [3.05, 3.63) is 18.3 Å². The van der Waals surface area contributed by atoms with Crippen LogP contribution in [-0.4, -0.2) is 18.1 Å². The first-order valence-electron chi connectivity index (χ1n) is 6.49. The molecule has 0 radical (unpaired) electrons. The Kier molecular flexibility index (Phi) is 1.73. The molecule has 2 N–H and O–H groups in total. The molecular weight excluding hydrogens is 174 g/mol. The summed E-state index contributed by atoms with van der Waals surface area (Å²) in [6, 6.07) is -0.282. The molecule has 3 heteroatoms. The third kappa shape index (κ3) is 1.81. The maximum Gasteiger partial charge on any atom is 0.151 e. The summed E-state index contributed by atoms with van der Waals surface area (Å²) >= 11 is 0. The summed E-state index contributed by atoms with van der Waals surface area (Å²) in [6.45, 7) is 3.93. The van der Waals surface area contributed by atoms with Crippen molar-refractivity contribution < 1.29 is 4.11 Å². The van der Waals surface area contributed by atoms with Gasteiger partial charge in [0.05, 0.1) is 9.80 Å². The second-order valence-electron chi connectivity index (χ2n) is 3.88. The summed E-state index contributed by atoms with van der Waals surface area (Å²) in [7, 11) is 0. The van der Waals surface area contributed by atoms with Gasteiger partial charge in [-0.15, -0.1) is 0 Å². The summed E-state index contributed by atoms with van der Waals surface area (Å²) in [5, 5.41) is 0. The lowest BCUT2D eigenvalue weighted by Gasteiger charge is -2.31. The molecule has 0 atom stereocenters. The molecule has 3 nitrogen and oxygen atoms in total. The second-order valence-corrected chi connectivity index (χ2v) is 3.88. The minimum Gasteiger partial charge on any atom is -0.396 e. The molecular formula is C11H17N3. The van der Waals surface area contributed by atoms with Gasteiger partial charge in [0.1, 0.15) is 0 Å². The number of pyridine rings is 1. The van der Waals surface area contributed by atoms with Crippen molar-refractivity contribution in [3.63, 3.8) is 0 Å². The normalized spacial score (nSPS) is 21.5. The highest BCUT2D eigenvalue weighted by Gasteiger charge is 2.17. The van der Waals surface area contributed by atoms with Gasteiger partial charge in [-0.3, -0.25) is 0 Å². The smallest absolute Gasteiger partial charge is 0.151 e. The summed E-state index contributed by atoms with van der Waals surface area (Å²) in [4.78, 5) is 6.06. The van der Waals surface area contributed by atoms with Crippen LogP contribution in [0.5, 0.6) is 0 Å². The Balaban J connectivity index is 2.33. The van der Waals surface area contributed by atoms with E-state index in [1.807, 2.05) is 4.90 Å². The number of aromatic nitrogens is 1. The van der Waals surface area contributed by atoms with Crippen LogP contribution in [0.1, 0.15) is 23.9 Å². The van der Waals surface area contributed by atoms with Gasteiger partial charge in [0, 0.05) is 19.3 Å². The Bertz CT molecular complexity index is 428. The highest BCUT2D eigenvalue weighted by Crippen LogP contribution is 2.24. The average Bonchev–Trinajstić information content (AvgIpc) is 2.32. The molecule has 0 aliphatic carbocycles. The minimum atomic E-state index is -0.198. The molecule has 0 spiro atoms. The van der Waals surface area contributed by atoms with Crippen molar-refractivity contribution >= 4 is 11.5 Å². The largest absolute Gasteiger partial charge is 0.396 e. The van der Waals surface area contributed by atoms with Gasteiger partial charge in [-0.25, -0.2) is 4.98 Å². The molecule has 1 aromatic heterocycles. The number of nitrogens with zero attached hydrogens (tertiary/aromatic N) is 2. The van der Waals surface area contributed by atoms with E-state index in [-0.39, 0.29) is 23.9 Å². The first-order chi connectivity index (χ1) is 8.00. The molecule has 1 fully saturated rings. The topological polar surface area (TPSA) is 42.2 Å². The summed E-state index contributed by atoms with van der Waals surface area (Å²) in [5.41, 5.74) is 6.05. The Labute approximate surface area is 89.1 Å². The minimum absolute atomic E-state index is 0.0846. The highest BCUT2D eigenvalue weighted by molar-refractivity contribution is 5.62. The third-order valence-corrected chi connectivity index (χ3v) is 2.74. The number of hydrogen-bond donors (Lipinski definition) is 1. The van der Waals surface area contributed by atoms with E-state index in [1.54, 1.807) is 0 Å². The van der Waals surface area contributed by atoms with Crippen molar-refractivity contribution in [2.75, 3.05) is 23.7 Å². The standard InChI is InChI=1S/C11H17N3/c1-9-4-7-14(8-5-9)11-10(12)3-2-6-13-11/h2-3,6,9H,4-5,7-8,12H2,1H3/i2D,3D,6D. The van der Waals surface area contributed by atoms with E-state index in [2.05, 4.69) is 11.9 Å². The number of piperidine rings is 1. The van der Waals surface area contributed by atoms with E-state index < -0.39 is 0 Å². The number of nitrogens with two attached hydrogens (primary N) is 1. The Morgan fingerprint density at radius 2 is 2.29 bits per heavy atom. The van der Waals surface area contributed by atoms with E-state index in [9.17, 15) is 0 Å². The van der Waals surface area contributed by atoms with E-state index in [0.717, 1.165) is 25.9 Å². The van der Waals surface area contributed by atoms with Crippen molar-refractivity contribution in [2.24, 2.45) is 5.92 Å². The van der Waals surface area contributed by atoms with Crippen LogP contribution in [0.2, 0.25) is 0 Å². The fourth-order valence-corrected chi connectivity index (χ4v) is 1.75. The zero-order chi connectivity index (χ0) is 12.6. The van der Waals surface area contributed by atoms with Crippen LogP contribution in [0, 0.1) is 5.92 Å². The molecule has 76 valence electrons. The Morgan fingerprint density at radius 3 is 3.00 bits per heavy atom. The molecule has 1 aliphatic heterocycles. The van der Waals surface area contributed by atoms with Gasteiger partial charge in [0.15, 0.2) is 5.82 Å². The van der Waals surface area contributed by atoms with Crippen molar-refractivity contribution in [1.29, 1.82) is 0 Å². The van der Waals surface area contributed by atoms with Crippen LogP contribution in [0.15, 0.2) is 18.3 Å². The maximum absolute atomic E-state index is 7.68. The summed E-state index contributed by atoms with van der Waals surface area (Å²) in [5.74, 6) is 1.21. The van der Waals surface area contributed by atoms with Crippen molar-refractivity contribution in [2.45, 2.75) is 19.8 Å². The zero-order valence-electron chi connectivity index (χ0n) is 11.4. The molecule has 1 saturated heterocycles. The SMILES string of the molecule is [2H]c1nc(N2CCC(C)CC2)c(N)c([2H])c1[2H]. The van der Waals surface area contributed by atoms with Crippen LogP contribution in [0.3, 0.4) is 0 Å². The lowest BCUT2D eigenvalue weighted by molar-refractivity contribution is 0.437. The Morgan fingerprint density at radius 1 is 1.57 bits per heavy atom. The van der Waals surface area contributed by atoms with Gasteiger partial charge < -0.3 is 10.6 Å². The van der Waals surface area contributed by atoms with E-state index >= 15 is 0 Å². The zero-order valence-corrected chi connectivity index (χ0v) is 8.38. The first-order valence-corrected chi connectivity index (χ1v) is 4.99. The lowest BCUT2D eigenvalue weighted by atomic mass is 9.99. The first kappa shape index (κ1) is 6.27. The van der Waals surface area contributed by atoms with Gasteiger partial charge in [0.2, 0.25) is 0 Å². The van der Waals surface area contributed by atoms with Crippen LogP contribution >= 0.6 is 0 Å². The molecule has 0 unspecified atom stereocenters. The Hall–Kier alpha value is -1.25. The molecule has 14 heavy (non-hydrogen) atoms. The monoisotopic (exact) mass is 194 g/mol. The summed E-state index contributed by atoms with van der Waals surface area (Å²) in [6.07, 6.45) is 1.98. The number of anilines is 2. The molecule has 1 aliphatic rings. The predicted octanol–water partition coefficient (Wildman–Crippen LogP) is 1.90. The molecule has 0 bridgehead atoms. The number of rotatable bonds is 1. The third-order valence-electron chi connectivity index (χ3n) is 2.74. The lowest BCUT2D eigenvalue weighted by Crippen LogP contribution is -2.33. The van der Waals surface area contributed by atoms with E-state index in [1.165, 1.54) is 0 Å². The molecule has 2 rings (SSSR count). The van der Waals surface area contributed by atoms with Gasteiger partial charge in [0.25, 0.3) is 0 Å². The van der Waals surface area contributed by atoms with Crippen LogP contribution < -0.4 is 10.6 Å². The molecule has 0 amide bonds. The second kappa shape index (κ2) is 3.86. The van der Waals surface area contributed by atoms with Crippen molar-refractivity contribution in [3.8, 4) is 0 Å². The molecule has 0 aromatic carbocycles. The molecule has 0 saturated carbocycles. The molecule has 2 heterocycles. The van der Waals surface area contributed by atoms with Gasteiger partial charge in [-0.05, 0) is 30.8 Å². The van der Waals surface area contributed by atoms with E-state index in [4.69, 9.17) is 9.85 Å². The average molecular weight is 194 g/mol. The maximum atomic E-state index is 7.68. The quantitative estimate of drug-likeness (QED) is 0.742. The van der Waals surface area contributed by atoms with Crippen molar-refractivity contribution in [1.82, 2.24) is 4.98 Å². The number of nitrogen functional groups attached to an aromatic ring is 1. The van der Waals surface area contributed by atoms with E-state index in [0.29, 0.717) is 11.7 Å². The summed E-state index contributed by atoms with van der Waals surface area (Å²) < 4.78 is 22.7. The van der Waals surface area contributed by atoms with Gasteiger partial charge >= 0.3 is 0 Å². The number of hydrogen-bond acceptors (Lipinski definition) is 3. The van der Waals surface area contributed by atoms with Crippen LogP contribution in [-0.2, 0) is 0 Å². The van der Waals surface area contributed by atoms with Gasteiger partial charge in [-0.1, -0.05) is 6.92 Å². The molecule has 1 aromatic rings. The van der Waals surface area contributed by atoms with Crippen LogP contribution in [0.25, 0.3) is 0 Å². The fourth-order valence-electron chi connectivity index (χ4n) is 1.75.